The molecule has 2 rings (SSSR count). The largest absolute Gasteiger partial charge is 0.317 e. The van der Waals surface area contributed by atoms with Gasteiger partial charge < -0.3 is 5.32 Å². The minimum Gasteiger partial charge on any atom is -0.317 e. The molecule has 0 bridgehead atoms. The molecule has 3 heteroatoms. The first-order chi connectivity index (χ1) is 8.65. The lowest BCUT2D eigenvalue weighted by Crippen LogP contribution is -2.25. The normalized spacial score (nSPS) is 23.6. The zero-order valence-corrected chi connectivity index (χ0v) is 11.1. The first-order valence-electron chi connectivity index (χ1n) is 6.80. The standard InChI is InChI=1S/C15H21F2N/c1-3-18-9-11-5-4-6-12(11)14-13(16)8-7-10(2)15(14)17/h7-8,11-12,18H,3-6,9H2,1-2H3. The van der Waals surface area contributed by atoms with Crippen molar-refractivity contribution >= 4 is 0 Å². The van der Waals surface area contributed by atoms with Crippen LogP contribution in [0.3, 0.4) is 0 Å². The molecule has 0 aliphatic heterocycles. The second-order valence-electron chi connectivity index (χ2n) is 5.20. The summed E-state index contributed by atoms with van der Waals surface area (Å²) in [4.78, 5) is 0. The molecule has 1 nitrogen and oxygen atoms in total. The van der Waals surface area contributed by atoms with E-state index in [-0.39, 0.29) is 17.6 Å². The molecule has 0 spiro atoms. The molecule has 1 aliphatic rings. The summed E-state index contributed by atoms with van der Waals surface area (Å²) in [7, 11) is 0. The highest BCUT2D eigenvalue weighted by atomic mass is 19.1. The number of nitrogens with one attached hydrogen (secondary N) is 1. The first-order valence-corrected chi connectivity index (χ1v) is 6.80. The minimum atomic E-state index is -0.383. The van der Waals surface area contributed by atoms with Crippen molar-refractivity contribution in [3.05, 3.63) is 34.9 Å². The van der Waals surface area contributed by atoms with Gasteiger partial charge in [0.2, 0.25) is 0 Å². The summed E-state index contributed by atoms with van der Waals surface area (Å²) in [6.07, 6.45) is 3.02. The van der Waals surface area contributed by atoms with E-state index in [1.807, 2.05) is 0 Å². The fourth-order valence-electron chi connectivity index (χ4n) is 3.01. The second-order valence-corrected chi connectivity index (χ2v) is 5.20. The van der Waals surface area contributed by atoms with E-state index in [2.05, 4.69) is 12.2 Å². The number of hydrogen-bond donors (Lipinski definition) is 1. The molecule has 1 saturated carbocycles. The Hall–Kier alpha value is -0.960. The van der Waals surface area contributed by atoms with Crippen LogP contribution in [0.2, 0.25) is 0 Å². The van der Waals surface area contributed by atoms with Crippen LogP contribution in [0.5, 0.6) is 0 Å². The Morgan fingerprint density at radius 3 is 2.78 bits per heavy atom. The lowest BCUT2D eigenvalue weighted by Gasteiger charge is -2.22. The maximum absolute atomic E-state index is 14.1. The van der Waals surface area contributed by atoms with Gasteiger partial charge in [-0.3, -0.25) is 0 Å². The van der Waals surface area contributed by atoms with Crippen LogP contribution < -0.4 is 5.32 Å². The lowest BCUT2D eigenvalue weighted by molar-refractivity contribution is 0.420. The zero-order chi connectivity index (χ0) is 13.1. The van der Waals surface area contributed by atoms with Crippen LogP contribution in [0.4, 0.5) is 8.78 Å². The number of halogens is 2. The summed E-state index contributed by atoms with van der Waals surface area (Å²) in [5.41, 5.74) is 0.857. The molecule has 2 atom stereocenters. The van der Waals surface area contributed by atoms with Crippen molar-refractivity contribution in [2.75, 3.05) is 13.1 Å². The third-order valence-corrected chi connectivity index (χ3v) is 4.01. The van der Waals surface area contributed by atoms with Crippen LogP contribution in [0, 0.1) is 24.5 Å². The van der Waals surface area contributed by atoms with Crippen LogP contribution in [0.1, 0.15) is 43.2 Å². The van der Waals surface area contributed by atoms with E-state index >= 15 is 0 Å². The van der Waals surface area contributed by atoms with Gasteiger partial charge in [-0.1, -0.05) is 19.4 Å². The first kappa shape index (κ1) is 13.5. The molecule has 100 valence electrons. The molecule has 0 saturated heterocycles. The third kappa shape index (κ3) is 2.56. The smallest absolute Gasteiger partial charge is 0.132 e. The van der Waals surface area contributed by atoms with E-state index in [0.717, 1.165) is 32.4 Å². The minimum absolute atomic E-state index is 0.0314. The van der Waals surface area contributed by atoms with Gasteiger partial charge in [-0.05, 0) is 56.3 Å². The van der Waals surface area contributed by atoms with Crippen LogP contribution in [0.25, 0.3) is 0 Å². The Morgan fingerprint density at radius 1 is 1.28 bits per heavy atom. The molecule has 0 heterocycles. The molecule has 1 fully saturated rings. The Labute approximate surface area is 108 Å². The zero-order valence-electron chi connectivity index (χ0n) is 11.1. The van der Waals surface area contributed by atoms with Crippen molar-refractivity contribution in [1.29, 1.82) is 0 Å². The van der Waals surface area contributed by atoms with Gasteiger partial charge in [0.05, 0.1) is 0 Å². The predicted molar refractivity (Wildman–Crippen MR) is 69.7 cm³/mol. The average Bonchev–Trinajstić information content (AvgIpc) is 2.80. The number of rotatable bonds is 4. The van der Waals surface area contributed by atoms with Gasteiger partial charge in [-0.2, -0.15) is 0 Å². The van der Waals surface area contributed by atoms with E-state index < -0.39 is 0 Å². The molecule has 18 heavy (non-hydrogen) atoms. The third-order valence-electron chi connectivity index (χ3n) is 4.01. The number of aryl methyl sites for hydroxylation is 1. The molecule has 0 aromatic heterocycles. The Balaban J connectivity index is 2.27. The van der Waals surface area contributed by atoms with Gasteiger partial charge in [0.1, 0.15) is 11.6 Å². The molecule has 1 aromatic carbocycles. The van der Waals surface area contributed by atoms with Gasteiger partial charge in [0.25, 0.3) is 0 Å². The summed E-state index contributed by atoms with van der Waals surface area (Å²) in [6, 6.07) is 2.92. The Bertz CT molecular complexity index is 417. The number of hydrogen-bond acceptors (Lipinski definition) is 1. The van der Waals surface area contributed by atoms with Crippen molar-refractivity contribution in [1.82, 2.24) is 5.32 Å². The molecular formula is C15H21F2N. The van der Waals surface area contributed by atoms with E-state index in [0.29, 0.717) is 17.0 Å². The van der Waals surface area contributed by atoms with E-state index in [1.54, 1.807) is 6.92 Å². The topological polar surface area (TPSA) is 12.0 Å². The molecule has 1 aromatic rings. The highest BCUT2D eigenvalue weighted by Gasteiger charge is 2.32. The fourth-order valence-corrected chi connectivity index (χ4v) is 3.01. The van der Waals surface area contributed by atoms with E-state index in [9.17, 15) is 8.78 Å². The second kappa shape index (κ2) is 5.79. The number of benzene rings is 1. The summed E-state index contributed by atoms with van der Waals surface area (Å²) in [6.45, 7) is 5.51. The van der Waals surface area contributed by atoms with Gasteiger partial charge in [0, 0.05) is 5.56 Å². The highest BCUT2D eigenvalue weighted by Crippen LogP contribution is 2.41. The van der Waals surface area contributed by atoms with Gasteiger partial charge in [0.15, 0.2) is 0 Å². The van der Waals surface area contributed by atoms with Gasteiger partial charge >= 0.3 is 0 Å². The van der Waals surface area contributed by atoms with Crippen molar-refractivity contribution < 1.29 is 8.78 Å². The van der Waals surface area contributed by atoms with E-state index in [1.165, 1.54) is 12.1 Å². The van der Waals surface area contributed by atoms with Crippen LogP contribution >= 0.6 is 0 Å². The van der Waals surface area contributed by atoms with E-state index in [4.69, 9.17) is 0 Å². The van der Waals surface area contributed by atoms with Crippen molar-refractivity contribution in [3.63, 3.8) is 0 Å². The monoisotopic (exact) mass is 253 g/mol. The Morgan fingerprint density at radius 2 is 2.06 bits per heavy atom. The maximum atomic E-state index is 14.1. The Kier molecular flexibility index (Phi) is 4.33. The average molecular weight is 253 g/mol. The summed E-state index contributed by atoms with van der Waals surface area (Å²) >= 11 is 0. The van der Waals surface area contributed by atoms with Crippen LogP contribution in [-0.2, 0) is 0 Å². The summed E-state index contributed by atoms with van der Waals surface area (Å²) < 4.78 is 28.1. The van der Waals surface area contributed by atoms with Gasteiger partial charge in [-0.15, -0.1) is 0 Å². The molecule has 2 unspecified atom stereocenters. The molecule has 0 radical (unpaired) electrons. The highest BCUT2D eigenvalue weighted by molar-refractivity contribution is 5.30. The lowest BCUT2D eigenvalue weighted by atomic mass is 9.87. The fraction of sp³-hybridized carbons (Fsp3) is 0.600. The molecule has 1 aliphatic carbocycles. The van der Waals surface area contributed by atoms with Crippen molar-refractivity contribution in [3.8, 4) is 0 Å². The maximum Gasteiger partial charge on any atom is 0.132 e. The van der Waals surface area contributed by atoms with Crippen LogP contribution in [0.15, 0.2) is 12.1 Å². The van der Waals surface area contributed by atoms with Crippen molar-refractivity contribution in [2.24, 2.45) is 5.92 Å². The SMILES string of the molecule is CCNCC1CCCC1c1c(F)ccc(C)c1F. The van der Waals surface area contributed by atoms with Crippen molar-refractivity contribution in [2.45, 2.75) is 39.0 Å². The summed E-state index contributed by atoms with van der Waals surface area (Å²) in [5.74, 6) is -0.338. The molecular weight excluding hydrogens is 232 g/mol. The molecule has 0 amide bonds. The molecule has 1 N–H and O–H groups in total. The van der Waals surface area contributed by atoms with Gasteiger partial charge in [-0.25, -0.2) is 8.78 Å². The van der Waals surface area contributed by atoms with Crippen LogP contribution in [-0.4, -0.2) is 13.1 Å². The summed E-state index contributed by atoms with van der Waals surface area (Å²) in [5, 5.41) is 3.30. The predicted octanol–water partition coefficient (Wildman–Crippen LogP) is 3.77. The quantitative estimate of drug-likeness (QED) is 0.861.